The Kier molecular flexibility index (Phi) is 6.20. The summed E-state index contributed by atoms with van der Waals surface area (Å²) >= 11 is 0. The van der Waals surface area contributed by atoms with Gasteiger partial charge in [0, 0.05) is 44.2 Å². The van der Waals surface area contributed by atoms with Crippen molar-refractivity contribution in [2.24, 2.45) is 0 Å². The first kappa shape index (κ1) is 19.2. The lowest BCUT2D eigenvalue weighted by Crippen LogP contribution is -2.57. The zero-order valence-corrected chi connectivity index (χ0v) is 16.5. The molecule has 0 aliphatic carbocycles. The van der Waals surface area contributed by atoms with Crippen molar-refractivity contribution in [2.75, 3.05) is 45.9 Å². The van der Waals surface area contributed by atoms with E-state index in [1.54, 1.807) is 0 Å². The normalized spacial score (nSPS) is 22.3. The lowest BCUT2D eigenvalue weighted by atomic mass is 9.88. The molecule has 1 N–H and O–H groups in total. The molecule has 2 heterocycles. The molecule has 0 aromatic heterocycles. The van der Waals surface area contributed by atoms with Crippen molar-refractivity contribution in [2.45, 2.75) is 45.1 Å². The molecule has 2 aliphatic rings. The number of urea groups is 1. The van der Waals surface area contributed by atoms with Crippen LogP contribution in [-0.4, -0.2) is 67.3 Å². The van der Waals surface area contributed by atoms with E-state index in [2.05, 4.69) is 55.3 Å². The summed E-state index contributed by atoms with van der Waals surface area (Å²) in [5.74, 6) is 0.447. The van der Waals surface area contributed by atoms with Gasteiger partial charge in [-0.2, -0.15) is 0 Å². The highest BCUT2D eigenvalue weighted by atomic mass is 16.5. The third-order valence-electron chi connectivity index (χ3n) is 5.88. The summed E-state index contributed by atoms with van der Waals surface area (Å²) in [6.07, 6.45) is 2.23. The third-order valence-corrected chi connectivity index (χ3v) is 5.88. The molecule has 2 amide bonds. The monoisotopic (exact) mass is 359 g/mol. The van der Waals surface area contributed by atoms with Gasteiger partial charge in [0.1, 0.15) is 0 Å². The molecule has 2 fully saturated rings. The van der Waals surface area contributed by atoms with Crippen LogP contribution in [0.25, 0.3) is 0 Å². The molecule has 2 saturated heterocycles. The lowest BCUT2D eigenvalue weighted by Gasteiger charge is -2.41. The van der Waals surface area contributed by atoms with Crippen LogP contribution < -0.4 is 5.32 Å². The van der Waals surface area contributed by atoms with Crippen LogP contribution in [0.2, 0.25) is 0 Å². The Morgan fingerprint density at radius 3 is 2.69 bits per heavy atom. The standard InChI is InChI=1S/C21H33N3O2/c1-17-7-4-5-9-19(17)18-8-6-10-23(15-18)20(25)22-16-21(2,3)24-11-13-26-14-12-24/h4-5,7,9,18H,6,8,10-16H2,1-3H3,(H,22,25). The number of nitrogens with zero attached hydrogens (tertiary/aromatic N) is 2. The van der Waals surface area contributed by atoms with Crippen molar-refractivity contribution >= 4 is 6.03 Å². The van der Waals surface area contributed by atoms with Crippen molar-refractivity contribution in [3.05, 3.63) is 35.4 Å². The molecular formula is C21H33N3O2. The number of carbonyl (C=O) groups excluding carboxylic acids is 1. The predicted octanol–water partition coefficient (Wildman–Crippen LogP) is 2.99. The van der Waals surface area contributed by atoms with Crippen molar-refractivity contribution < 1.29 is 9.53 Å². The average molecular weight is 360 g/mol. The maximum Gasteiger partial charge on any atom is 0.317 e. The van der Waals surface area contributed by atoms with E-state index in [9.17, 15) is 4.79 Å². The van der Waals surface area contributed by atoms with Crippen molar-refractivity contribution in [1.29, 1.82) is 0 Å². The van der Waals surface area contributed by atoms with Gasteiger partial charge in [0.15, 0.2) is 0 Å². The number of amides is 2. The highest BCUT2D eigenvalue weighted by molar-refractivity contribution is 5.74. The topological polar surface area (TPSA) is 44.8 Å². The van der Waals surface area contributed by atoms with E-state index >= 15 is 0 Å². The van der Waals surface area contributed by atoms with Crippen LogP contribution in [0.1, 0.15) is 43.7 Å². The van der Waals surface area contributed by atoms with E-state index < -0.39 is 0 Å². The highest BCUT2D eigenvalue weighted by Crippen LogP contribution is 2.29. The summed E-state index contributed by atoms with van der Waals surface area (Å²) in [6.45, 7) is 12.3. The molecule has 0 saturated carbocycles. The molecule has 26 heavy (non-hydrogen) atoms. The Balaban J connectivity index is 1.55. The summed E-state index contributed by atoms with van der Waals surface area (Å²) in [7, 11) is 0. The number of benzene rings is 1. The number of carbonyl (C=O) groups is 1. The SMILES string of the molecule is Cc1ccccc1C1CCCN(C(=O)NCC(C)(C)N2CCOCC2)C1. The second kappa shape index (κ2) is 8.40. The molecule has 1 atom stereocenters. The number of aryl methyl sites for hydroxylation is 1. The van der Waals surface area contributed by atoms with Gasteiger partial charge in [-0.3, -0.25) is 4.90 Å². The molecule has 0 radical (unpaired) electrons. The second-order valence-corrected chi connectivity index (χ2v) is 8.21. The number of rotatable bonds is 4. The minimum absolute atomic E-state index is 0.0509. The molecule has 0 bridgehead atoms. The zero-order valence-electron chi connectivity index (χ0n) is 16.5. The Bertz CT molecular complexity index is 611. The van der Waals surface area contributed by atoms with Gasteiger partial charge in [0.05, 0.1) is 13.2 Å². The smallest absolute Gasteiger partial charge is 0.317 e. The van der Waals surface area contributed by atoms with Gasteiger partial charge >= 0.3 is 6.03 Å². The molecular weight excluding hydrogens is 326 g/mol. The molecule has 2 aliphatic heterocycles. The van der Waals surface area contributed by atoms with Crippen LogP contribution in [0.4, 0.5) is 4.79 Å². The maximum absolute atomic E-state index is 12.8. The van der Waals surface area contributed by atoms with Gasteiger partial charge in [-0.05, 0) is 44.7 Å². The molecule has 3 rings (SSSR count). The number of ether oxygens (including phenoxy) is 1. The molecule has 1 aromatic rings. The summed E-state index contributed by atoms with van der Waals surface area (Å²) in [5, 5.41) is 3.18. The lowest BCUT2D eigenvalue weighted by molar-refractivity contribution is -0.00910. The van der Waals surface area contributed by atoms with E-state index in [4.69, 9.17) is 4.74 Å². The number of hydrogen-bond donors (Lipinski definition) is 1. The fourth-order valence-corrected chi connectivity index (χ4v) is 4.14. The van der Waals surface area contributed by atoms with Gasteiger partial charge in [-0.15, -0.1) is 0 Å². The van der Waals surface area contributed by atoms with Gasteiger partial charge < -0.3 is 15.0 Å². The molecule has 5 heteroatoms. The maximum atomic E-state index is 12.8. The second-order valence-electron chi connectivity index (χ2n) is 8.21. The number of piperidine rings is 1. The number of hydrogen-bond acceptors (Lipinski definition) is 3. The van der Waals surface area contributed by atoms with Gasteiger partial charge in [-0.1, -0.05) is 24.3 Å². The Morgan fingerprint density at radius 1 is 1.23 bits per heavy atom. The zero-order chi connectivity index (χ0) is 18.6. The van der Waals surface area contributed by atoms with Crippen molar-refractivity contribution in [3.8, 4) is 0 Å². The van der Waals surface area contributed by atoms with Crippen molar-refractivity contribution in [1.82, 2.24) is 15.1 Å². The Morgan fingerprint density at radius 2 is 1.96 bits per heavy atom. The van der Waals surface area contributed by atoms with E-state index in [-0.39, 0.29) is 11.6 Å². The summed E-state index contributed by atoms with van der Waals surface area (Å²) in [6, 6.07) is 8.64. The number of likely N-dealkylation sites (tertiary alicyclic amines) is 1. The molecule has 144 valence electrons. The van der Waals surface area contributed by atoms with E-state index in [0.717, 1.165) is 52.2 Å². The van der Waals surface area contributed by atoms with Crippen LogP contribution in [-0.2, 0) is 4.74 Å². The summed E-state index contributed by atoms with van der Waals surface area (Å²) in [4.78, 5) is 17.2. The minimum atomic E-state index is -0.0509. The third kappa shape index (κ3) is 4.57. The van der Waals surface area contributed by atoms with E-state index in [0.29, 0.717) is 12.5 Å². The van der Waals surface area contributed by atoms with Gasteiger partial charge in [0.2, 0.25) is 0 Å². The van der Waals surface area contributed by atoms with Crippen LogP contribution in [0.5, 0.6) is 0 Å². The van der Waals surface area contributed by atoms with Crippen molar-refractivity contribution in [3.63, 3.8) is 0 Å². The minimum Gasteiger partial charge on any atom is -0.379 e. The van der Waals surface area contributed by atoms with Crippen LogP contribution in [0, 0.1) is 6.92 Å². The average Bonchev–Trinajstić information content (AvgIpc) is 2.67. The number of morpholine rings is 1. The first-order valence-electron chi connectivity index (χ1n) is 9.88. The Labute approximate surface area is 157 Å². The first-order chi connectivity index (χ1) is 12.5. The van der Waals surface area contributed by atoms with Gasteiger partial charge in [-0.25, -0.2) is 4.79 Å². The largest absolute Gasteiger partial charge is 0.379 e. The predicted molar refractivity (Wildman–Crippen MR) is 105 cm³/mol. The van der Waals surface area contributed by atoms with E-state index in [1.807, 2.05) is 4.90 Å². The van der Waals surface area contributed by atoms with Crippen LogP contribution >= 0.6 is 0 Å². The van der Waals surface area contributed by atoms with Crippen LogP contribution in [0.15, 0.2) is 24.3 Å². The summed E-state index contributed by atoms with van der Waals surface area (Å²) < 4.78 is 5.44. The fraction of sp³-hybridized carbons (Fsp3) is 0.667. The molecule has 1 aromatic carbocycles. The molecule has 0 spiro atoms. The van der Waals surface area contributed by atoms with Crippen LogP contribution in [0.3, 0.4) is 0 Å². The fourth-order valence-electron chi connectivity index (χ4n) is 4.14. The summed E-state index contributed by atoms with van der Waals surface area (Å²) in [5.41, 5.74) is 2.66. The quantitative estimate of drug-likeness (QED) is 0.899. The first-order valence-corrected chi connectivity index (χ1v) is 9.88. The van der Waals surface area contributed by atoms with E-state index in [1.165, 1.54) is 11.1 Å². The molecule has 5 nitrogen and oxygen atoms in total. The number of nitrogens with one attached hydrogen (secondary N) is 1. The highest BCUT2D eigenvalue weighted by Gasteiger charge is 2.30. The van der Waals surface area contributed by atoms with Gasteiger partial charge in [0.25, 0.3) is 0 Å². The Hall–Kier alpha value is -1.59. The molecule has 1 unspecified atom stereocenters.